The lowest BCUT2D eigenvalue weighted by atomic mass is 10.2. The third-order valence-corrected chi connectivity index (χ3v) is 5.10. The predicted octanol–water partition coefficient (Wildman–Crippen LogP) is 2.42. The quantitative estimate of drug-likeness (QED) is 0.610. The normalized spacial score (nSPS) is 16.3. The van der Waals surface area contributed by atoms with E-state index in [1.807, 2.05) is 48.7 Å². The van der Waals surface area contributed by atoms with E-state index in [-0.39, 0.29) is 0 Å². The Labute approximate surface area is 168 Å². The summed E-state index contributed by atoms with van der Waals surface area (Å²) in [4.78, 5) is 8.94. The Morgan fingerprint density at radius 3 is 2.56 bits per heavy atom. The summed E-state index contributed by atoms with van der Waals surface area (Å²) in [7, 11) is 0. The first kappa shape index (κ1) is 20.1. The highest BCUT2D eigenvalue weighted by Gasteiger charge is 2.20. The van der Waals surface area contributed by atoms with Crippen molar-refractivity contribution in [3.8, 4) is 5.75 Å². The standard InChI is InChI=1S/C20H26BrN3O3/c21-18-5-1-2-6-19(18)27-14-13-26-16-17(25)15-23-9-11-24(12-10-23)20-7-3-4-8-22-20/h1-8,17,25H,9-16H2. The molecule has 2 aromatic rings. The Morgan fingerprint density at radius 1 is 1.04 bits per heavy atom. The number of piperazine rings is 1. The second-order valence-electron chi connectivity index (χ2n) is 6.48. The van der Waals surface area contributed by atoms with Crippen LogP contribution in [-0.4, -0.2) is 73.6 Å². The lowest BCUT2D eigenvalue weighted by Crippen LogP contribution is -2.49. The van der Waals surface area contributed by atoms with E-state index in [0.717, 1.165) is 42.2 Å². The highest BCUT2D eigenvalue weighted by molar-refractivity contribution is 9.10. The van der Waals surface area contributed by atoms with E-state index in [9.17, 15) is 5.11 Å². The molecule has 0 amide bonds. The number of ether oxygens (including phenoxy) is 2. The fraction of sp³-hybridized carbons (Fsp3) is 0.450. The Morgan fingerprint density at radius 2 is 1.81 bits per heavy atom. The molecule has 1 atom stereocenters. The molecule has 1 N–H and O–H groups in total. The van der Waals surface area contributed by atoms with Crippen molar-refractivity contribution < 1.29 is 14.6 Å². The van der Waals surface area contributed by atoms with Crippen LogP contribution in [0.15, 0.2) is 53.1 Å². The van der Waals surface area contributed by atoms with E-state index in [1.165, 1.54) is 0 Å². The lowest BCUT2D eigenvalue weighted by molar-refractivity contribution is 0.00710. The van der Waals surface area contributed by atoms with Crippen LogP contribution in [0.4, 0.5) is 5.82 Å². The van der Waals surface area contributed by atoms with Gasteiger partial charge in [0.05, 0.1) is 23.8 Å². The third kappa shape index (κ3) is 6.46. The molecule has 1 unspecified atom stereocenters. The Balaban J connectivity index is 1.28. The summed E-state index contributed by atoms with van der Waals surface area (Å²) >= 11 is 3.44. The molecule has 0 radical (unpaired) electrons. The largest absolute Gasteiger partial charge is 0.490 e. The van der Waals surface area contributed by atoms with Crippen molar-refractivity contribution in [2.75, 3.05) is 57.4 Å². The number of benzene rings is 1. The fourth-order valence-corrected chi connectivity index (χ4v) is 3.44. The number of β-amino-alcohol motifs (C(OH)–C–C–N with tert-alkyl or cyclic N) is 1. The summed E-state index contributed by atoms with van der Waals surface area (Å²) in [5.41, 5.74) is 0. The Bertz CT molecular complexity index is 681. The molecule has 27 heavy (non-hydrogen) atoms. The molecule has 1 saturated heterocycles. The van der Waals surface area contributed by atoms with E-state index in [2.05, 4.69) is 30.7 Å². The minimum Gasteiger partial charge on any atom is -0.490 e. The molecule has 3 rings (SSSR count). The van der Waals surface area contributed by atoms with Crippen molar-refractivity contribution in [2.45, 2.75) is 6.10 Å². The van der Waals surface area contributed by atoms with Gasteiger partial charge in [0.2, 0.25) is 0 Å². The van der Waals surface area contributed by atoms with Crippen LogP contribution in [-0.2, 0) is 4.74 Å². The van der Waals surface area contributed by atoms with E-state index in [0.29, 0.717) is 26.4 Å². The van der Waals surface area contributed by atoms with Crippen molar-refractivity contribution >= 4 is 21.7 Å². The maximum absolute atomic E-state index is 10.2. The summed E-state index contributed by atoms with van der Waals surface area (Å²) in [6, 6.07) is 13.7. The van der Waals surface area contributed by atoms with Gasteiger partial charge in [-0.15, -0.1) is 0 Å². The van der Waals surface area contributed by atoms with Gasteiger partial charge in [-0.05, 0) is 40.2 Å². The number of hydrogen-bond donors (Lipinski definition) is 1. The first-order valence-corrected chi connectivity index (χ1v) is 10.0. The maximum atomic E-state index is 10.2. The van der Waals surface area contributed by atoms with Crippen LogP contribution in [0.1, 0.15) is 0 Å². The topological polar surface area (TPSA) is 58.1 Å². The van der Waals surface area contributed by atoms with Gasteiger partial charge < -0.3 is 19.5 Å². The molecule has 6 nitrogen and oxygen atoms in total. The van der Waals surface area contributed by atoms with Crippen LogP contribution in [0, 0.1) is 0 Å². The molecule has 0 saturated carbocycles. The molecule has 7 heteroatoms. The zero-order valence-corrected chi connectivity index (χ0v) is 16.9. The monoisotopic (exact) mass is 435 g/mol. The number of anilines is 1. The van der Waals surface area contributed by atoms with Crippen LogP contribution in [0.25, 0.3) is 0 Å². The highest BCUT2D eigenvalue weighted by atomic mass is 79.9. The van der Waals surface area contributed by atoms with Gasteiger partial charge in [-0.1, -0.05) is 18.2 Å². The first-order valence-electron chi connectivity index (χ1n) is 9.24. The minimum absolute atomic E-state index is 0.319. The molecule has 0 bridgehead atoms. The number of hydrogen-bond acceptors (Lipinski definition) is 6. The summed E-state index contributed by atoms with van der Waals surface area (Å²) in [6.45, 7) is 5.52. The van der Waals surface area contributed by atoms with Crippen molar-refractivity contribution in [1.82, 2.24) is 9.88 Å². The minimum atomic E-state index is -0.491. The number of halogens is 1. The van der Waals surface area contributed by atoms with Gasteiger partial charge in [-0.2, -0.15) is 0 Å². The van der Waals surface area contributed by atoms with Crippen molar-refractivity contribution in [3.05, 3.63) is 53.1 Å². The molecule has 146 valence electrons. The molecule has 1 aromatic carbocycles. The summed E-state index contributed by atoms with van der Waals surface area (Å²) in [5.74, 6) is 1.82. The van der Waals surface area contributed by atoms with Gasteiger partial charge in [0, 0.05) is 38.9 Å². The predicted molar refractivity (Wildman–Crippen MR) is 109 cm³/mol. The second kappa shape index (κ2) is 10.6. The number of pyridine rings is 1. The van der Waals surface area contributed by atoms with Crippen molar-refractivity contribution in [2.24, 2.45) is 0 Å². The molecule has 2 heterocycles. The summed E-state index contributed by atoms with van der Waals surface area (Å²) in [6.07, 6.45) is 1.33. The zero-order chi connectivity index (χ0) is 18.9. The molecule has 0 aliphatic carbocycles. The van der Waals surface area contributed by atoms with Crippen LogP contribution >= 0.6 is 15.9 Å². The molecule has 0 spiro atoms. The van der Waals surface area contributed by atoms with Gasteiger partial charge in [0.15, 0.2) is 0 Å². The second-order valence-corrected chi connectivity index (χ2v) is 7.34. The van der Waals surface area contributed by atoms with E-state index in [4.69, 9.17) is 9.47 Å². The summed E-state index contributed by atoms with van der Waals surface area (Å²) < 4.78 is 12.1. The first-order chi connectivity index (χ1) is 13.2. The molecular formula is C20H26BrN3O3. The zero-order valence-electron chi connectivity index (χ0n) is 15.3. The average Bonchev–Trinajstić information content (AvgIpc) is 2.70. The number of rotatable bonds is 9. The van der Waals surface area contributed by atoms with Gasteiger partial charge in [0.1, 0.15) is 18.2 Å². The van der Waals surface area contributed by atoms with Gasteiger partial charge in [-0.25, -0.2) is 4.98 Å². The van der Waals surface area contributed by atoms with Gasteiger partial charge in [-0.3, -0.25) is 4.90 Å². The van der Waals surface area contributed by atoms with Crippen LogP contribution < -0.4 is 9.64 Å². The van der Waals surface area contributed by atoms with Crippen LogP contribution in [0.2, 0.25) is 0 Å². The van der Waals surface area contributed by atoms with Crippen LogP contribution in [0.3, 0.4) is 0 Å². The number of aliphatic hydroxyl groups excluding tert-OH is 1. The van der Waals surface area contributed by atoms with Gasteiger partial charge >= 0.3 is 0 Å². The molecule has 1 aliphatic heterocycles. The van der Waals surface area contributed by atoms with Crippen molar-refractivity contribution in [3.63, 3.8) is 0 Å². The third-order valence-electron chi connectivity index (χ3n) is 4.45. The van der Waals surface area contributed by atoms with E-state index < -0.39 is 6.10 Å². The lowest BCUT2D eigenvalue weighted by Gasteiger charge is -2.36. The van der Waals surface area contributed by atoms with Crippen LogP contribution in [0.5, 0.6) is 5.75 Å². The van der Waals surface area contributed by atoms with E-state index in [1.54, 1.807) is 0 Å². The average molecular weight is 436 g/mol. The summed E-state index contributed by atoms with van der Waals surface area (Å²) in [5, 5.41) is 10.2. The molecular weight excluding hydrogens is 410 g/mol. The van der Waals surface area contributed by atoms with Crippen molar-refractivity contribution in [1.29, 1.82) is 0 Å². The Kier molecular flexibility index (Phi) is 7.89. The number of para-hydroxylation sites is 1. The molecule has 1 fully saturated rings. The fourth-order valence-electron chi connectivity index (χ4n) is 3.04. The molecule has 1 aromatic heterocycles. The Hall–Kier alpha value is -1.67. The highest BCUT2D eigenvalue weighted by Crippen LogP contribution is 2.23. The number of aromatic nitrogens is 1. The van der Waals surface area contributed by atoms with Gasteiger partial charge in [0.25, 0.3) is 0 Å². The molecule has 1 aliphatic rings. The smallest absolute Gasteiger partial charge is 0.133 e. The van der Waals surface area contributed by atoms with E-state index >= 15 is 0 Å². The maximum Gasteiger partial charge on any atom is 0.133 e. The number of aliphatic hydroxyl groups is 1. The number of nitrogens with zero attached hydrogens (tertiary/aromatic N) is 3. The SMILES string of the molecule is OC(COCCOc1ccccc1Br)CN1CCN(c2ccccn2)CC1.